The number of carbonyl (C=O) groups excluding carboxylic acids is 2. The topological polar surface area (TPSA) is 90.5 Å². The van der Waals surface area contributed by atoms with Crippen LogP contribution in [-0.4, -0.2) is 71.9 Å². The maximum atomic E-state index is 14.3. The van der Waals surface area contributed by atoms with E-state index in [9.17, 15) is 14.0 Å². The number of anilines is 2. The number of amides is 2. The average molecular weight is 483 g/mol. The molecule has 188 valence electrons. The minimum Gasteiger partial charge on any atom is -0.354 e. The van der Waals surface area contributed by atoms with Crippen LogP contribution < -0.4 is 10.6 Å². The average Bonchev–Trinajstić information content (AvgIpc) is 3.64. The van der Waals surface area contributed by atoms with E-state index in [1.165, 1.54) is 23.1 Å². The predicted molar refractivity (Wildman–Crippen MR) is 135 cm³/mol. The molecule has 0 spiro atoms. The van der Waals surface area contributed by atoms with Gasteiger partial charge in [0.25, 0.3) is 0 Å². The first-order valence-electron chi connectivity index (χ1n) is 11.9. The Kier molecular flexibility index (Phi) is 8.92. The third-order valence-electron chi connectivity index (χ3n) is 5.94. The summed E-state index contributed by atoms with van der Waals surface area (Å²) in [6.45, 7) is 4.59. The number of benzene rings is 1. The van der Waals surface area contributed by atoms with Crippen LogP contribution in [0.3, 0.4) is 0 Å². The van der Waals surface area contributed by atoms with Crippen molar-refractivity contribution in [2.24, 2.45) is 0 Å². The fourth-order valence-corrected chi connectivity index (χ4v) is 3.61. The normalized spacial score (nSPS) is 14.3. The van der Waals surface area contributed by atoms with Crippen molar-refractivity contribution in [2.45, 2.75) is 45.1 Å². The first-order valence-corrected chi connectivity index (χ1v) is 11.9. The molecular formula is C26H35FN6O2. The van der Waals surface area contributed by atoms with Crippen LogP contribution in [0.5, 0.6) is 0 Å². The fourth-order valence-electron chi connectivity index (χ4n) is 3.61. The quantitative estimate of drug-likeness (QED) is 0.478. The fraction of sp³-hybridized carbons (Fsp3) is 0.462. The van der Waals surface area contributed by atoms with Crippen LogP contribution in [-0.2, 0) is 16.0 Å². The molecule has 1 saturated carbocycles. The Morgan fingerprint density at radius 1 is 1.23 bits per heavy atom. The Labute approximate surface area is 206 Å². The highest BCUT2D eigenvalue weighted by molar-refractivity contribution is 5.92. The second-order valence-corrected chi connectivity index (χ2v) is 9.30. The van der Waals surface area contributed by atoms with Gasteiger partial charge >= 0.3 is 0 Å². The Morgan fingerprint density at radius 2 is 1.97 bits per heavy atom. The maximum absolute atomic E-state index is 14.3. The van der Waals surface area contributed by atoms with Crippen LogP contribution in [0.25, 0.3) is 0 Å². The van der Waals surface area contributed by atoms with Crippen LogP contribution >= 0.6 is 0 Å². The van der Waals surface area contributed by atoms with E-state index in [1.54, 1.807) is 26.2 Å². The van der Waals surface area contributed by atoms with Crippen molar-refractivity contribution >= 4 is 23.3 Å². The molecule has 1 atom stereocenters. The van der Waals surface area contributed by atoms with Crippen molar-refractivity contribution in [3.05, 3.63) is 59.3 Å². The summed E-state index contributed by atoms with van der Waals surface area (Å²) in [6.07, 6.45) is 7.58. The van der Waals surface area contributed by atoms with Gasteiger partial charge in [-0.15, -0.1) is 0 Å². The van der Waals surface area contributed by atoms with Crippen molar-refractivity contribution in [1.29, 1.82) is 0 Å². The Morgan fingerprint density at radius 3 is 2.66 bits per heavy atom. The van der Waals surface area contributed by atoms with Crippen molar-refractivity contribution in [1.82, 2.24) is 25.1 Å². The molecule has 2 aromatic rings. The largest absolute Gasteiger partial charge is 0.354 e. The molecule has 35 heavy (non-hydrogen) atoms. The SMILES string of the molecule is Cc1ncc(Nc2cc(F)cc(CCNC(=O)C(C)N(C)C(=O)/C=C/CN(C)C)c2)nc1C1CC1. The number of halogens is 1. The van der Waals surface area contributed by atoms with Crippen LogP contribution in [0.4, 0.5) is 15.9 Å². The van der Waals surface area contributed by atoms with E-state index in [4.69, 9.17) is 0 Å². The molecule has 0 aliphatic heterocycles. The van der Waals surface area contributed by atoms with Gasteiger partial charge in [-0.25, -0.2) is 9.37 Å². The lowest BCUT2D eigenvalue weighted by Gasteiger charge is -2.23. The second kappa shape index (κ2) is 11.9. The van der Waals surface area contributed by atoms with Gasteiger partial charge < -0.3 is 20.4 Å². The summed E-state index contributed by atoms with van der Waals surface area (Å²) < 4.78 is 14.3. The van der Waals surface area contributed by atoms with Gasteiger partial charge in [0, 0.05) is 37.8 Å². The van der Waals surface area contributed by atoms with E-state index in [1.807, 2.05) is 32.0 Å². The number of hydrogen-bond acceptors (Lipinski definition) is 6. The Bertz CT molecular complexity index is 1080. The van der Waals surface area contributed by atoms with Gasteiger partial charge in [-0.2, -0.15) is 0 Å². The molecule has 1 fully saturated rings. The lowest BCUT2D eigenvalue weighted by molar-refractivity contribution is -0.135. The number of likely N-dealkylation sites (N-methyl/N-ethyl adjacent to an activating group) is 2. The van der Waals surface area contributed by atoms with Crippen molar-refractivity contribution in [3.63, 3.8) is 0 Å². The van der Waals surface area contributed by atoms with Gasteiger partial charge in [0.15, 0.2) is 0 Å². The molecule has 2 N–H and O–H groups in total. The van der Waals surface area contributed by atoms with Crippen molar-refractivity contribution < 1.29 is 14.0 Å². The highest BCUT2D eigenvalue weighted by Gasteiger charge is 2.27. The molecule has 2 amide bonds. The highest BCUT2D eigenvalue weighted by Crippen LogP contribution is 2.40. The number of aryl methyl sites for hydroxylation is 1. The molecule has 8 nitrogen and oxygen atoms in total. The number of aromatic nitrogens is 2. The third-order valence-corrected chi connectivity index (χ3v) is 5.94. The number of hydrogen-bond donors (Lipinski definition) is 2. The standard InChI is InChI=1S/C26H35FN6O2/c1-17-25(20-8-9-20)31-23(16-29-17)30-22-14-19(13-21(27)15-22)10-11-28-26(35)18(2)33(5)24(34)7-6-12-32(3)4/h6-7,13-16,18,20H,8-12H2,1-5H3,(H,28,35)(H,30,31)/b7-6+. The minimum absolute atomic E-state index is 0.237. The molecule has 1 heterocycles. The molecule has 9 heteroatoms. The van der Waals surface area contributed by atoms with Crippen molar-refractivity contribution in [2.75, 3.05) is 39.5 Å². The molecule has 1 aliphatic carbocycles. The third kappa shape index (κ3) is 7.85. The lowest BCUT2D eigenvalue weighted by Crippen LogP contribution is -2.45. The zero-order valence-electron chi connectivity index (χ0n) is 21.1. The smallest absolute Gasteiger partial charge is 0.246 e. The van der Waals surface area contributed by atoms with Crippen LogP contribution in [0.2, 0.25) is 0 Å². The van der Waals surface area contributed by atoms with E-state index in [0.717, 1.165) is 29.8 Å². The Hall–Kier alpha value is -3.33. The van der Waals surface area contributed by atoms with Gasteiger partial charge in [0.05, 0.1) is 17.6 Å². The summed E-state index contributed by atoms with van der Waals surface area (Å²) in [4.78, 5) is 37.2. The summed E-state index contributed by atoms with van der Waals surface area (Å²) >= 11 is 0. The summed E-state index contributed by atoms with van der Waals surface area (Å²) in [6, 6.07) is 4.06. The van der Waals surface area contributed by atoms with Gasteiger partial charge in [0.1, 0.15) is 17.7 Å². The van der Waals surface area contributed by atoms with Gasteiger partial charge in [-0.3, -0.25) is 14.6 Å². The molecule has 1 aliphatic rings. The van der Waals surface area contributed by atoms with E-state index in [-0.39, 0.29) is 17.6 Å². The van der Waals surface area contributed by atoms with E-state index in [2.05, 4.69) is 20.6 Å². The van der Waals surface area contributed by atoms with Crippen molar-refractivity contribution in [3.8, 4) is 0 Å². The maximum Gasteiger partial charge on any atom is 0.246 e. The summed E-state index contributed by atoms with van der Waals surface area (Å²) in [5.41, 5.74) is 3.24. The predicted octanol–water partition coefficient (Wildman–Crippen LogP) is 3.17. The molecule has 1 unspecified atom stereocenters. The molecule has 1 aromatic heterocycles. The molecule has 0 saturated heterocycles. The zero-order chi connectivity index (χ0) is 25.5. The summed E-state index contributed by atoms with van der Waals surface area (Å²) in [5.74, 6) is 0.186. The number of nitrogens with one attached hydrogen (secondary N) is 2. The first-order chi connectivity index (χ1) is 16.6. The van der Waals surface area contributed by atoms with Crippen LogP contribution in [0.15, 0.2) is 36.5 Å². The molecular weight excluding hydrogens is 447 g/mol. The molecule has 1 aromatic carbocycles. The molecule has 0 radical (unpaired) electrons. The number of rotatable bonds is 11. The van der Waals surface area contributed by atoms with Gasteiger partial charge in [-0.05, 0) is 71.0 Å². The Balaban J connectivity index is 1.53. The number of nitrogens with zero attached hydrogens (tertiary/aromatic N) is 4. The first kappa shape index (κ1) is 26.3. The summed E-state index contributed by atoms with van der Waals surface area (Å²) in [5, 5.41) is 5.98. The molecule has 3 rings (SSSR count). The van der Waals surface area contributed by atoms with Crippen LogP contribution in [0.1, 0.15) is 42.6 Å². The van der Waals surface area contributed by atoms with E-state index in [0.29, 0.717) is 36.9 Å². The zero-order valence-corrected chi connectivity index (χ0v) is 21.1. The van der Waals surface area contributed by atoms with Gasteiger partial charge in [0.2, 0.25) is 11.8 Å². The van der Waals surface area contributed by atoms with E-state index >= 15 is 0 Å². The van der Waals surface area contributed by atoms with Gasteiger partial charge in [-0.1, -0.05) is 6.08 Å². The minimum atomic E-state index is -0.628. The number of carbonyl (C=O) groups is 2. The van der Waals surface area contributed by atoms with Crippen LogP contribution in [0, 0.1) is 12.7 Å². The van der Waals surface area contributed by atoms with E-state index < -0.39 is 6.04 Å². The monoisotopic (exact) mass is 482 g/mol. The second-order valence-electron chi connectivity index (χ2n) is 9.30. The lowest BCUT2D eigenvalue weighted by atomic mass is 10.1. The highest BCUT2D eigenvalue weighted by atomic mass is 19.1. The molecule has 0 bridgehead atoms. The summed E-state index contributed by atoms with van der Waals surface area (Å²) in [7, 11) is 5.42.